The monoisotopic (exact) mass is 298 g/mol. The summed E-state index contributed by atoms with van der Waals surface area (Å²) in [7, 11) is 0. The largest absolute Gasteiger partial charge is 0.280 e. The Morgan fingerprint density at radius 2 is 1.75 bits per heavy atom. The first-order chi connectivity index (χ1) is 9.38. The van der Waals surface area contributed by atoms with Crippen molar-refractivity contribution in [3.63, 3.8) is 0 Å². The highest BCUT2D eigenvalue weighted by molar-refractivity contribution is 7.80. The van der Waals surface area contributed by atoms with Crippen LogP contribution in [-0.4, -0.2) is 16.5 Å². The molecular weight excluding hydrogens is 275 g/mol. The summed E-state index contributed by atoms with van der Waals surface area (Å²) in [5, 5.41) is 0. The molecule has 2 nitrogen and oxygen atoms in total. The molecule has 0 spiro atoms. The van der Waals surface area contributed by atoms with Crippen molar-refractivity contribution in [2.75, 3.05) is 0 Å². The van der Waals surface area contributed by atoms with E-state index in [2.05, 4.69) is 20.8 Å². The molecule has 0 radical (unpaired) electrons. The Morgan fingerprint density at radius 1 is 1.15 bits per heavy atom. The van der Waals surface area contributed by atoms with Gasteiger partial charge in [0.15, 0.2) is 11.1 Å². The smallest absolute Gasteiger partial charge is 0.189 e. The summed E-state index contributed by atoms with van der Waals surface area (Å²) >= 11 is -1.58. The summed E-state index contributed by atoms with van der Waals surface area (Å²) in [4.78, 5) is 0.607. The molecule has 1 aromatic carbocycles. The quantitative estimate of drug-likeness (QED) is 0.831. The molecular formula is C16H23FO2S. The van der Waals surface area contributed by atoms with Crippen LogP contribution in [0.1, 0.15) is 52.0 Å². The van der Waals surface area contributed by atoms with Gasteiger partial charge in [-0.15, -0.1) is 0 Å². The van der Waals surface area contributed by atoms with E-state index in [4.69, 9.17) is 4.18 Å². The van der Waals surface area contributed by atoms with Crippen LogP contribution < -0.4 is 0 Å². The minimum atomic E-state index is -1.58. The molecule has 112 valence electrons. The highest BCUT2D eigenvalue weighted by Crippen LogP contribution is 2.27. The van der Waals surface area contributed by atoms with Gasteiger partial charge in [-0.2, -0.15) is 0 Å². The molecule has 0 bridgehead atoms. The van der Waals surface area contributed by atoms with Crippen molar-refractivity contribution >= 4 is 11.1 Å². The van der Waals surface area contributed by atoms with E-state index in [-0.39, 0.29) is 5.41 Å². The Balaban J connectivity index is 2.02. The third kappa shape index (κ3) is 3.89. The number of hydrogen-bond donors (Lipinski definition) is 0. The Kier molecular flexibility index (Phi) is 4.97. The average molecular weight is 298 g/mol. The molecule has 3 atom stereocenters. The van der Waals surface area contributed by atoms with Gasteiger partial charge < -0.3 is 0 Å². The van der Waals surface area contributed by atoms with Crippen LogP contribution in [0.15, 0.2) is 29.2 Å². The van der Waals surface area contributed by atoms with Crippen molar-refractivity contribution in [3.8, 4) is 0 Å². The summed E-state index contributed by atoms with van der Waals surface area (Å²) in [6.07, 6.45) is 1.52. The third-order valence-electron chi connectivity index (χ3n) is 3.75. The molecule has 2 rings (SSSR count). The third-order valence-corrected chi connectivity index (χ3v) is 4.82. The Labute approximate surface area is 123 Å². The zero-order valence-corrected chi connectivity index (χ0v) is 13.2. The van der Waals surface area contributed by atoms with Gasteiger partial charge in [0.05, 0.1) is 4.90 Å². The second-order valence-electron chi connectivity index (χ2n) is 6.44. The molecule has 0 amide bonds. The van der Waals surface area contributed by atoms with E-state index in [1.54, 1.807) is 0 Å². The maximum absolute atomic E-state index is 13.7. The molecule has 1 fully saturated rings. The van der Waals surface area contributed by atoms with Crippen LogP contribution in [0, 0.1) is 0 Å². The molecule has 0 saturated heterocycles. The second kappa shape index (κ2) is 6.35. The summed E-state index contributed by atoms with van der Waals surface area (Å²) < 4.78 is 31.2. The fraction of sp³-hybridized carbons (Fsp3) is 0.625. The summed E-state index contributed by atoms with van der Waals surface area (Å²) in [5.74, 6) is 0. The van der Waals surface area contributed by atoms with Gasteiger partial charge in [0.25, 0.3) is 0 Å². The predicted molar refractivity (Wildman–Crippen MR) is 79.8 cm³/mol. The molecule has 1 aromatic rings. The Morgan fingerprint density at radius 3 is 2.30 bits per heavy atom. The van der Waals surface area contributed by atoms with Crippen LogP contribution in [0.2, 0.25) is 0 Å². The zero-order chi connectivity index (χ0) is 14.8. The lowest BCUT2D eigenvalue weighted by Crippen LogP contribution is -2.29. The van der Waals surface area contributed by atoms with E-state index >= 15 is 0 Å². The summed E-state index contributed by atoms with van der Waals surface area (Å²) in [6, 6.07) is 7.55. The fourth-order valence-electron chi connectivity index (χ4n) is 2.39. The van der Waals surface area contributed by atoms with Gasteiger partial charge in [0, 0.05) is 0 Å². The number of halogens is 1. The van der Waals surface area contributed by atoms with Crippen LogP contribution in [0.3, 0.4) is 0 Å². The molecule has 0 heterocycles. The van der Waals surface area contributed by atoms with Crippen LogP contribution in [0.5, 0.6) is 0 Å². The number of rotatable bonds is 3. The molecule has 1 aliphatic carbocycles. The maximum atomic E-state index is 13.7. The van der Waals surface area contributed by atoms with Crippen molar-refractivity contribution in [1.29, 1.82) is 0 Å². The first-order valence-electron chi connectivity index (χ1n) is 7.21. The zero-order valence-electron chi connectivity index (χ0n) is 12.4. The minimum absolute atomic E-state index is 0.0638. The second-order valence-corrected chi connectivity index (χ2v) is 7.58. The van der Waals surface area contributed by atoms with E-state index in [0.29, 0.717) is 17.7 Å². The van der Waals surface area contributed by atoms with Gasteiger partial charge in [-0.1, -0.05) is 45.7 Å². The molecule has 20 heavy (non-hydrogen) atoms. The molecule has 0 N–H and O–H groups in total. The predicted octanol–water partition coefficient (Wildman–Crippen LogP) is 4.30. The van der Waals surface area contributed by atoms with Gasteiger partial charge in [0.1, 0.15) is 12.3 Å². The van der Waals surface area contributed by atoms with Crippen molar-refractivity contribution in [3.05, 3.63) is 29.8 Å². The maximum Gasteiger partial charge on any atom is 0.189 e. The van der Waals surface area contributed by atoms with Crippen molar-refractivity contribution in [2.24, 2.45) is 0 Å². The van der Waals surface area contributed by atoms with Gasteiger partial charge >= 0.3 is 0 Å². The van der Waals surface area contributed by atoms with E-state index in [9.17, 15) is 8.60 Å². The Hall–Kier alpha value is -0.740. The minimum Gasteiger partial charge on any atom is -0.280 e. The van der Waals surface area contributed by atoms with Gasteiger partial charge in [-0.3, -0.25) is 4.18 Å². The van der Waals surface area contributed by atoms with Gasteiger partial charge in [-0.05, 0) is 36.0 Å². The van der Waals surface area contributed by atoms with E-state index in [1.807, 2.05) is 24.3 Å². The standard InChI is InChI=1S/C16H23FO2S/c1-16(2,3)12-8-10-13(11-9-12)20(18)19-15-7-5-4-6-14(15)17/h8-11,14-15H,4-7H2,1-3H3. The molecule has 0 aliphatic heterocycles. The van der Waals surface area contributed by atoms with Crippen molar-refractivity contribution in [1.82, 2.24) is 0 Å². The van der Waals surface area contributed by atoms with Crippen LogP contribution in [0.4, 0.5) is 4.39 Å². The van der Waals surface area contributed by atoms with Gasteiger partial charge in [-0.25, -0.2) is 8.60 Å². The first-order valence-corrected chi connectivity index (χ1v) is 8.29. The fourth-order valence-corrected chi connectivity index (χ4v) is 3.30. The van der Waals surface area contributed by atoms with Crippen LogP contribution in [0.25, 0.3) is 0 Å². The van der Waals surface area contributed by atoms with Gasteiger partial charge in [0.2, 0.25) is 0 Å². The topological polar surface area (TPSA) is 26.3 Å². The molecule has 3 unspecified atom stereocenters. The highest BCUT2D eigenvalue weighted by Gasteiger charge is 2.28. The highest BCUT2D eigenvalue weighted by atomic mass is 32.2. The first kappa shape index (κ1) is 15.6. The average Bonchev–Trinajstić information content (AvgIpc) is 2.40. The van der Waals surface area contributed by atoms with E-state index in [0.717, 1.165) is 12.8 Å². The Bertz CT molecular complexity index is 464. The van der Waals surface area contributed by atoms with Crippen molar-refractivity contribution < 1.29 is 12.8 Å². The van der Waals surface area contributed by atoms with E-state index in [1.165, 1.54) is 5.56 Å². The molecule has 1 saturated carbocycles. The lowest BCUT2D eigenvalue weighted by atomic mass is 9.87. The van der Waals surface area contributed by atoms with Crippen LogP contribution in [-0.2, 0) is 20.7 Å². The lowest BCUT2D eigenvalue weighted by Gasteiger charge is -2.25. The SMILES string of the molecule is CC(C)(C)c1ccc(S(=O)OC2CCCCC2F)cc1. The number of hydrogen-bond acceptors (Lipinski definition) is 2. The van der Waals surface area contributed by atoms with Crippen molar-refractivity contribution in [2.45, 2.75) is 69.0 Å². The summed E-state index contributed by atoms with van der Waals surface area (Å²) in [6.45, 7) is 6.39. The number of alkyl halides is 1. The lowest BCUT2D eigenvalue weighted by molar-refractivity contribution is 0.0749. The summed E-state index contributed by atoms with van der Waals surface area (Å²) in [5.41, 5.74) is 1.24. The number of benzene rings is 1. The molecule has 4 heteroatoms. The molecule has 1 aliphatic rings. The van der Waals surface area contributed by atoms with Crippen LogP contribution >= 0.6 is 0 Å². The van der Waals surface area contributed by atoms with E-state index < -0.39 is 23.4 Å². The normalized spacial score (nSPS) is 25.4. The molecule has 0 aromatic heterocycles.